The maximum Gasteiger partial charge on any atom is 0.107 e. The first kappa shape index (κ1) is 12.7. The molecule has 1 atom stereocenters. The van der Waals surface area contributed by atoms with Crippen LogP contribution in [0.3, 0.4) is 0 Å². The van der Waals surface area contributed by atoms with E-state index in [0.29, 0.717) is 0 Å². The largest absolute Gasteiger partial charge is 0.384 e. The van der Waals surface area contributed by atoms with Gasteiger partial charge in [-0.2, -0.15) is 5.10 Å². The third-order valence-electron chi connectivity index (χ3n) is 2.83. The Morgan fingerprint density at radius 2 is 2.20 bits per heavy atom. The van der Waals surface area contributed by atoms with E-state index in [4.69, 9.17) is 0 Å². The van der Waals surface area contributed by atoms with E-state index in [0.717, 1.165) is 23.1 Å². The third-order valence-corrected chi connectivity index (χ3v) is 3.41. The standard InChI is InChI=1S/C11H19BrN2O/c1-5-6-14-10(9(12)7-13-14)11(4,15)8(2)3/h7-8,15H,5-6H2,1-4H3. The van der Waals surface area contributed by atoms with E-state index < -0.39 is 5.60 Å². The normalized spacial score (nSPS) is 15.7. The summed E-state index contributed by atoms with van der Waals surface area (Å²) in [5, 5.41) is 14.7. The van der Waals surface area contributed by atoms with Crippen molar-refractivity contribution in [2.45, 2.75) is 46.3 Å². The lowest BCUT2D eigenvalue weighted by Gasteiger charge is -2.29. The van der Waals surface area contributed by atoms with Crippen molar-refractivity contribution < 1.29 is 5.11 Å². The molecular weight excluding hydrogens is 256 g/mol. The van der Waals surface area contributed by atoms with E-state index in [1.54, 1.807) is 6.20 Å². The van der Waals surface area contributed by atoms with Crippen LogP contribution < -0.4 is 0 Å². The fourth-order valence-electron chi connectivity index (χ4n) is 1.52. The number of aryl methyl sites for hydroxylation is 1. The minimum atomic E-state index is -0.843. The lowest BCUT2D eigenvalue weighted by Crippen LogP contribution is -2.31. The van der Waals surface area contributed by atoms with Gasteiger partial charge in [0.2, 0.25) is 0 Å². The number of hydrogen-bond acceptors (Lipinski definition) is 2. The monoisotopic (exact) mass is 274 g/mol. The van der Waals surface area contributed by atoms with Crippen molar-refractivity contribution >= 4 is 15.9 Å². The number of hydrogen-bond donors (Lipinski definition) is 1. The van der Waals surface area contributed by atoms with Crippen molar-refractivity contribution in [3.05, 3.63) is 16.4 Å². The van der Waals surface area contributed by atoms with Crippen LogP contribution in [0, 0.1) is 5.92 Å². The summed E-state index contributed by atoms with van der Waals surface area (Å²) in [6, 6.07) is 0. The zero-order valence-electron chi connectivity index (χ0n) is 9.79. The second-order valence-corrected chi connectivity index (χ2v) is 5.22. The molecule has 1 N–H and O–H groups in total. The van der Waals surface area contributed by atoms with Gasteiger partial charge in [-0.3, -0.25) is 4.68 Å². The third kappa shape index (κ3) is 2.42. The van der Waals surface area contributed by atoms with Crippen molar-refractivity contribution in [3.63, 3.8) is 0 Å². The zero-order valence-corrected chi connectivity index (χ0v) is 11.4. The highest BCUT2D eigenvalue weighted by Gasteiger charge is 2.33. The predicted octanol–water partition coefficient (Wildman–Crippen LogP) is 2.92. The molecule has 0 aliphatic rings. The summed E-state index contributed by atoms with van der Waals surface area (Å²) in [7, 11) is 0. The van der Waals surface area contributed by atoms with Gasteiger partial charge in [-0.15, -0.1) is 0 Å². The molecule has 0 radical (unpaired) electrons. The molecule has 0 bridgehead atoms. The second-order valence-electron chi connectivity index (χ2n) is 4.37. The van der Waals surface area contributed by atoms with Crippen molar-refractivity contribution in [2.24, 2.45) is 5.92 Å². The fraction of sp³-hybridized carbons (Fsp3) is 0.727. The number of halogens is 1. The Bertz CT molecular complexity index is 331. The summed E-state index contributed by atoms with van der Waals surface area (Å²) in [6.07, 6.45) is 2.76. The molecule has 0 fully saturated rings. The molecule has 3 nitrogen and oxygen atoms in total. The van der Waals surface area contributed by atoms with Crippen LogP contribution in [0.1, 0.15) is 39.8 Å². The Labute approximate surface area is 99.6 Å². The molecule has 0 aliphatic heterocycles. The van der Waals surface area contributed by atoms with Crippen LogP contribution in [0.2, 0.25) is 0 Å². The van der Waals surface area contributed by atoms with Crippen LogP contribution in [0.25, 0.3) is 0 Å². The molecule has 1 aromatic heterocycles. The van der Waals surface area contributed by atoms with Gasteiger partial charge in [-0.1, -0.05) is 20.8 Å². The van der Waals surface area contributed by atoms with Crippen molar-refractivity contribution in [3.8, 4) is 0 Å². The molecule has 0 amide bonds. The minimum Gasteiger partial charge on any atom is -0.384 e. The quantitative estimate of drug-likeness (QED) is 0.917. The first-order valence-corrected chi connectivity index (χ1v) is 6.14. The summed E-state index contributed by atoms with van der Waals surface area (Å²) in [4.78, 5) is 0. The maximum atomic E-state index is 10.4. The van der Waals surface area contributed by atoms with Gasteiger partial charge in [0.25, 0.3) is 0 Å². The Kier molecular flexibility index (Phi) is 3.95. The number of nitrogens with zero attached hydrogens (tertiary/aromatic N) is 2. The average molecular weight is 275 g/mol. The molecule has 0 aromatic carbocycles. The smallest absolute Gasteiger partial charge is 0.107 e. The number of aromatic nitrogens is 2. The molecule has 1 aromatic rings. The van der Waals surface area contributed by atoms with Gasteiger partial charge in [0.05, 0.1) is 16.4 Å². The van der Waals surface area contributed by atoms with E-state index in [9.17, 15) is 5.11 Å². The molecule has 1 unspecified atom stereocenters. The topological polar surface area (TPSA) is 38.0 Å². The Morgan fingerprint density at radius 3 is 2.67 bits per heavy atom. The van der Waals surface area contributed by atoms with Crippen molar-refractivity contribution in [2.75, 3.05) is 0 Å². The molecule has 0 saturated heterocycles. The first-order chi connectivity index (χ1) is 6.91. The van der Waals surface area contributed by atoms with Crippen LogP contribution in [-0.4, -0.2) is 14.9 Å². The zero-order chi connectivity index (χ0) is 11.6. The van der Waals surface area contributed by atoms with Gasteiger partial charge in [0.15, 0.2) is 0 Å². The van der Waals surface area contributed by atoms with Gasteiger partial charge >= 0.3 is 0 Å². The van der Waals surface area contributed by atoms with Gasteiger partial charge in [0, 0.05) is 6.54 Å². The Balaban J connectivity index is 3.16. The van der Waals surface area contributed by atoms with Crippen LogP contribution in [0.15, 0.2) is 10.7 Å². The maximum absolute atomic E-state index is 10.4. The average Bonchev–Trinajstić information content (AvgIpc) is 2.48. The van der Waals surface area contributed by atoms with E-state index in [-0.39, 0.29) is 5.92 Å². The lowest BCUT2D eigenvalue weighted by atomic mass is 9.89. The molecule has 4 heteroatoms. The van der Waals surface area contributed by atoms with Crippen LogP contribution >= 0.6 is 15.9 Å². The van der Waals surface area contributed by atoms with Crippen LogP contribution in [0.5, 0.6) is 0 Å². The summed E-state index contributed by atoms with van der Waals surface area (Å²) in [5.41, 5.74) is 0.0316. The Hall–Kier alpha value is -0.350. The molecule has 1 rings (SSSR count). The summed E-state index contributed by atoms with van der Waals surface area (Å²) in [6.45, 7) is 8.80. The van der Waals surface area contributed by atoms with E-state index in [2.05, 4.69) is 28.0 Å². The van der Waals surface area contributed by atoms with Gasteiger partial charge < -0.3 is 5.11 Å². The van der Waals surface area contributed by atoms with Crippen molar-refractivity contribution in [1.29, 1.82) is 0 Å². The SMILES string of the molecule is CCCn1ncc(Br)c1C(C)(O)C(C)C. The van der Waals surface area contributed by atoms with Crippen molar-refractivity contribution in [1.82, 2.24) is 9.78 Å². The van der Waals surface area contributed by atoms with E-state index >= 15 is 0 Å². The molecular formula is C11H19BrN2O. The molecule has 86 valence electrons. The van der Waals surface area contributed by atoms with Crippen LogP contribution in [0.4, 0.5) is 0 Å². The minimum absolute atomic E-state index is 0.154. The van der Waals surface area contributed by atoms with Gasteiger partial charge in [-0.05, 0) is 35.2 Å². The molecule has 1 heterocycles. The number of aliphatic hydroxyl groups is 1. The van der Waals surface area contributed by atoms with Gasteiger partial charge in [0.1, 0.15) is 5.60 Å². The molecule has 15 heavy (non-hydrogen) atoms. The second kappa shape index (κ2) is 4.66. The first-order valence-electron chi connectivity index (χ1n) is 5.35. The fourth-order valence-corrected chi connectivity index (χ4v) is 2.22. The summed E-state index contributed by atoms with van der Waals surface area (Å²) < 4.78 is 2.76. The molecule has 0 spiro atoms. The Morgan fingerprint density at radius 1 is 1.60 bits per heavy atom. The predicted molar refractivity (Wildman–Crippen MR) is 64.6 cm³/mol. The highest BCUT2D eigenvalue weighted by molar-refractivity contribution is 9.10. The summed E-state index contributed by atoms with van der Waals surface area (Å²) >= 11 is 3.45. The highest BCUT2D eigenvalue weighted by atomic mass is 79.9. The summed E-state index contributed by atoms with van der Waals surface area (Å²) in [5.74, 6) is 0.154. The number of rotatable bonds is 4. The molecule has 0 aliphatic carbocycles. The molecule has 0 saturated carbocycles. The van der Waals surface area contributed by atoms with E-state index in [1.807, 2.05) is 25.5 Å². The highest BCUT2D eigenvalue weighted by Crippen LogP contribution is 2.34. The van der Waals surface area contributed by atoms with Gasteiger partial charge in [-0.25, -0.2) is 0 Å². The van der Waals surface area contributed by atoms with E-state index in [1.165, 1.54) is 0 Å². The lowest BCUT2D eigenvalue weighted by molar-refractivity contribution is -0.000280. The van der Waals surface area contributed by atoms with Crippen LogP contribution in [-0.2, 0) is 12.1 Å².